The molecule has 18 heavy (non-hydrogen) atoms. The minimum absolute atomic E-state index is 0.124. The van der Waals surface area contributed by atoms with Crippen LogP contribution in [0.1, 0.15) is 21.5 Å². The summed E-state index contributed by atoms with van der Waals surface area (Å²) in [5, 5.41) is 1.17. The molecule has 0 radical (unpaired) electrons. The number of rotatable bonds is 2. The van der Waals surface area contributed by atoms with Gasteiger partial charge < -0.3 is 0 Å². The molecular weight excluding hydrogens is 446 g/mol. The molecule has 0 saturated heterocycles. The molecule has 0 heterocycles. The Kier molecular flexibility index (Phi) is 4.98. The molecule has 0 amide bonds. The van der Waals surface area contributed by atoms with E-state index in [9.17, 15) is 0 Å². The van der Waals surface area contributed by atoms with Crippen molar-refractivity contribution in [3.63, 3.8) is 0 Å². The first kappa shape index (κ1) is 14.6. The van der Waals surface area contributed by atoms with E-state index in [1.165, 1.54) is 14.7 Å². The highest BCUT2D eigenvalue weighted by molar-refractivity contribution is 14.1. The van der Waals surface area contributed by atoms with Crippen LogP contribution in [-0.2, 0) is 0 Å². The van der Waals surface area contributed by atoms with Crippen molar-refractivity contribution in [3.8, 4) is 0 Å². The van der Waals surface area contributed by atoms with Crippen molar-refractivity contribution >= 4 is 61.7 Å². The van der Waals surface area contributed by atoms with Gasteiger partial charge in [-0.2, -0.15) is 0 Å². The smallest absolute Gasteiger partial charge is 0.0655 e. The summed E-state index contributed by atoms with van der Waals surface area (Å²) in [4.78, 5) is 0.124. The molecule has 4 heteroatoms. The Bertz CT molecular complexity index is 584. The number of benzene rings is 2. The quantitative estimate of drug-likeness (QED) is 0.363. The molecule has 0 nitrogen and oxygen atoms in total. The Morgan fingerprint density at radius 1 is 1.11 bits per heavy atom. The van der Waals surface area contributed by atoms with Crippen molar-refractivity contribution in [2.75, 3.05) is 0 Å². The Balaban J connectivity index is 2.44. The van der Waals surface area contributed by atoms with Crippen LogP contribution in [0.2, 0.25) is 10.0 Å². The lowest BCUT2D eigenvalue weighted by Crippen LogP contribution is -1.97. The standard InChI is InChI=1S/C14H10BrCl2I/c1-8-3-2-4-10(14(8)18)13(15)9-5-6-11(16)12(17)7-9/h2-7,13H,1H3. The Morgan fingerprint density at radius 2 is 1.83 bits per heavy atom. The van der Waals surface area contributed by atoms with Crippen LogP contribution in [0.15, 0.2) is 36.4 Å². The molecule has 0 spiro atoms. The third kappa shape index (κ3) is 3.03. The molecular formula is C14H10BrCl2I. The predicted octanol–water partition coefficient (Wildman–Crippen LogP) is 6.39. The first-order valence-electron chi connectivity index (χ1n) is 5.34. The molecule has 2 rings (SSSR count). The average Bonchev–Trinajstić information content (AvgIpc) is 2.35. The summed E-state index contributed by atoms with van der Waals surface area (Å²) in [5.74, 6) is 0. The number of aryl methyl sites for hydroxylation is 1. The van der Waals surface area contributed by atoms with Gasteiger partial charge in [0.1, 0.15) is 0 Å². The van der Waals surface area contributed by atoms with Crippen LogP contribution < -0.4 is 0 Å². The molecule has 0 bridgehead atoms. The van der Waals surface area contributed by atoms with E-state index >= 15 is 0 Å². The number of hydrogen-bond acceptors (Lipinski definition) is 0. The first-order valence-corrected chi connectivity index (χ1v) is 8.09. The average molecular weight is 456 g/mol. The maximum absolute atomic E-state index is 6.06. The van der Waals surface area contributed by atoms with Crippen LogP contribution in [0.4, 0.5) is 0 Å². The lowest BCUT2D eigenvalue weighted by Gasteiger charge is -2.14. The van der Waals surface area contributed by atoms with E-state index in [2.05, 4.69) is 63.6 Å². The second kappa shape index (κ2) is 6.12. The molecule has 2 aromatic rings. The lowest BCUT2D eigenvalue weighted by atomic mass is 10.0. The predicted molar refractivity (Wildman–Crippen MR) is 91.1 cm³/mol. The van der Waals surface area contributed by atoms with Gasteiger partial charge in [0.15, 0.2) is 0 Å². The highest BCUT2D eigenvalue weighted by atomic mass is 127. The molecule has 2 aromatic carbocycles. The Morgan fingerprint density at radius 3 is 2.50 bits per heavy atom. The van der Waals surface area contributed by atoms with Crippen molar-refractivity contribution in [2.45, 2.75) is 11.8 Å². The van der Waals surface area contributed by atoms with Gasteiger partial charge in [0, 0.05) is 3.57 Å². The van der Waals surface area contributed by atoms with E-state index in [1.807, 2.05) is 18.2 Å². The fraction of sp³-hybridized carbons (Fsp3) is 0.143. The van der Waals surface area contributed by atoms with E-state index in [1.54, 1.807) is 0 Å². The van der Waals surface area contributed by atoms with E-state index in [4.69, 9.17) is 23.2 Å². The maximum Gasteiger partial charge on any atom is 0.0655 e. The fourth-order valence-electron chi connectivity index (χ4n) is 1.72. The van der Waals surface area contributed by atoms with Crippen LogP contribution >= 0.6 is 61.7 Å². The number of hydrogen-bond donors (Lipinski definition) is 0. The van der Waals surface area contributed by atoms with Crippen molar-refractivity contribution in [2.24, 2.45) is 0 Å². The largest absolute Gasteiger partial charge is 0.0827 e. The van der Waals surface area contributed by atoms with Gasteiger partial charge in [0.05, 0.1) is 14.9 Å². The Hall–Kier alpha value is 0.230. The molecule has 0 saturated carbocycles. The van der Waals surface area contributed by atoms with E-state index in [-0.39, 0.29) is 4.83 Å². The van der Waals surface area contributed by atoms with Gasteiger partial charge in [-0.15, -0.1) is 0 Å². The van der Waals surface area contributed by atoms with Crippen molar-refractivity contribution in [1.82, 2.24) is 0 Å². The molecule has 94 valence electrons. The topological polar surface area (TPSA) is 0 Å². The summed E-state index contributed by atoms with van der Waals surface area (Å²) < 4.78 is 1.27. The summed E-state index contributed by atoms with van der Waals surface area (Å²) in [6, 6.07) is 12.0. The van der Waals surface area contributed by atoms with Crippen LogP contribution in [0, 0.1) is 10.5 Å². The zero-order valence-corrected chi connectivity index (χ0v) is 14.8. The highest BCUT2D eigenvalue weighted by Crippen LogP contribution is 2.36. The summed E-state index contributed by atoms with van der Waals surface area (Å²) in [6.07, 6.45) is 0. The maximum atomic E-state index is 6.06. The normalized spacial score (nSPS) is 12.5. The van der Waals surface area contributed by atoms with Gasteiger partial charge >= 0.3 is 0 Å². The fourth-order valence-corrected chi connectivity index (χ4v) is 3.79. The second-order valence-electron chi connectivity index (χ2n) is 4.01. The van der Waals surface area contributed by atoms with Crippen LogP contribution in [-0.4, -0.2) is 0 Å². The summed E-state index contributed by atoms with van der Waals surface area (Å²) in [6.45, 7) is 2.11. The van der Waals surface area contributed by atoms with Crippen LogP contribution in [0.5, 0.6) is 0 Å². The third-order valence-corrected chi connectivity index (χ3v) is 5.97. The summed E-state index contributed by atoms with van der Waals surface area (Å²) >= 11 is 18.1. The lowest BCUT2D eigenvalue weighted by molar-refractivity contribution is 1.15. The van der Waals surface area contributed by atoms with Gasteiger partial charge in [0.25, 0.3) is 0 Å². The highest BCUT2D eigenvalue weighted by Gasteiger charge is 2.15. The van der Waals surface area contributed by atoms with E-state index in [0.717, 1.165) is 5.56 Å². The Labute approximate surface area is 139 Å². The van der Waals surface area contributed by atoms with Gasteiger partial charge in [-0.05, 0) is 58.3 Å². The minimum Gasteiger partial charge on any atom is -0.0827 e. The van der Waals surface area contributed by atoms with Gasteiger partial charge in [0.2, 0.25) is 0 Å². The molecule has 0 fully saturated rings. The molecule has 0 aliphatic rings. The summed E-state index contributed by atoms with van der Waals surface area (Å²) in [7, 11) is 0. The molecule has 0 aliphatic heterocycles. The van der Waals surface area contributed by atoms with Crippen LogP contribution in [0.3, 0.4) is 0 Å². The zero-order chi connectivity index (χ0) is 13.3. The number of halogens is 4. The molecule has 0 N–H and O–H groups in total. The van der Waals surface area contributed by atoms with Crippen molar-refractivity contribution < 1.29 is 0 Å². The van der Waals surface area contributed by atoms with Crippen molar-refractivity contribution in [3.05, 3.63) is 66.7 Å². The van der Waals surface area contributed by atoms with E-state index < -0.39 is 0 Å². The zero-order valence-electron chi connectivity index (χ0n) is 9.55. The summed E-state index contributed by atoms with van der Waals surface area (Å²) in [5.41, 5.74) is 3.62. The van der Waals surface area contributed by atoms with Crippen LogP contribution in [0.25, 0.3) is 0 Å². The molecule has 0 aromatic heterocycles. The number of alkyl halides is 1. The van der Waals surface area contributed by atoms with Gasteiger partial charge in [-0.3, -0.25) is 0 Å². The molecule has 1 atom stereocenters. The van der Waals surface area contributed by atoms with Crippen molar-refractivity contribution in [1.29, 1.82) is 0 Å². The van der Waals surface area contributed by atoms with E-state index in [0.29, 0.717) is 10.0 Å². The molecule has 1 unspecified atom stereocenters. The molecule has 0 aliphatic carbocycles. The van der Waals surface area contributed by atoms with Gasteiger partial charge in [-0.1, -0.05) is 63.4 Å². The van der Waals surface area contributed by atoms with Gasteiger partial charge in [-0.25, -0.2) is 0 Å². The third-order valence-electron chi connectivity index (χ3n) is 2.73. The first-order chi connectivity index (χ1) is 8.50. The SMILES string of the molecule is Cc1cccc(C(Br)c2ccc(Cl)c(Cl)c2)c1I. The second-order valence-corrected chi connectivity index (χ2v) is 6.82. The minimum atomic E-state index is 0.124. The monoisotopic (exact) mass is 454 g/mol.